The molecule has 3 heterocycles. The summed E-state index contributed by atoms with van der Waals surface area (Å²) >= 11 is 0. The van der Waals surface area contributed by atoms with Crippen molar-refractivity contribution >= 4 is 11.6 Å². The summed E-state index contributed by atoms with van der Waals surface area (Å²) < 4.78 is 5.42. The lowest BCUT2D eigenvalue weighted by atomic mass is 9.95. The van der Waals surface area contributed by atoms with Gasteiger partial charge in [0.15, 0.2) is 11.6 Å². The molecule has 0 radical (unpaired) electrons. The van der Waals surface area contributed by atoms with Crippen LogP contribution in [0, 0.1) is 18.3 Å². The van der Waals surface area contributed by atoms with Crippen LogP contribution in [0.3, 0.4) is 0 Å². The number of pyridine rings is 1. The van der Waals surface area contributed by atoms with Crippen LogP contribution < -0.4 is 10.6 Å². The van der Waals surface area contributed by atoms with Crippen LogP contribution in [0.25, 0.3) is 11.4 Å². The average molecular weight is 428 g/mol. The monoisotopic (exact) mass is 428 g/mol. The first-order chi connectivity index (χ1) is 15.6. The minimum absolute atomic E-state index is 0.202. The standard InChI is InChI=1S/C24H24N6O2/c1-16-10-19(12-22(29-16)30-6-8-32-9-7-30)23(31)21-11-17(13-26)2-3-20(21)24-27-14-18(4-5-25)15-28-24/h2-3,10-12,14-15H,4-9,25H2,1H3. The quantitative estimate of drug-likeness (QED) is 0.594. The summed E-state index contributed by atoms with van der Waals surface area (Å²) in [4.78, 5) is 29.2. The Kier molecular flexibility index (Phi) is 6.50. The Balaban J connectivity index is 1.75. The zero-order valence-electron chi connectivity index (χ0n) is 17.9. The number of aromatic nitrogens is 3. The summed E-state index contributed by atoms with van der Waals surface area (Å²) in [6.45, 7) is 5.09. The van der Waals surface area contributed by atoms with Gasteiger partial charge in [0.1, 0.15) is 5.82 Å². The molecule has 0 amide bonds. The SMILES string of the molecule is Cc1cc(C(=O)c2cc(C#N)ccc2-c2ncc(CCN)cn2)cc(N2CCOCC2)n1. The molecule has 1 saturated heterocycles. The third-order valence-electron chi connectivity index (χ3n) is 5.31. The van der Waals surface area contributed by atoms with E-state index in [4.69, 9.17) is 10.5 Å². The molecule has 1 aromatic carbocycles. The van der Waals surface area contributed by atoms with E-state index in [-0.39, 0.29) is 5.78 Å². The Morgan fingerprint density at radius 2 is 1.94 bits per heavy atom. The largest absolute Gasteiger partial charge is 0.378 e. The normalized spacial score (nSPS) is 13.6. The summed E-state index contributed by atoms with van der Waals surface area (Å²) in [7, 11) is 0. The van der Waals surface area contributed by atoms with Gasteiger partial charge in [0.05, 0.1) is 24.8 Å². The number of carbonyl (C=O) groups is 1. The van der Waals surface area contributed by atoms with Gasteiger partial charge in [0.25, 0.3) is 0 Å². The maximum absolute atomic E-state index is 13.6. The first-order valence-electron chi connectivity index (χ1n) is 10.5. The number of morpholine rings is 1. The van der Waals surface area contributed by atoms with Crippen molar-refractivity contribution in [3.8, 4) is 17.5 Å². The van der Waals surface area contributed by atoms with Crippen LogP contribution in [0.4, 0.5) is 5.82 Å². The molecule has 8 heteroatoms. The van der Waals surface area contributed by atoms with E-state index < -0.39 is 0 Å². The van der Waals surface area contributed by atoms with Crippen LogP contribution in [0.5, 0.6) is 0 Å². The van der Waals surface area contributed by atoms with E-state index in [1.165, 1.54) is 0 Å². The molecule has 0 saturated carbocycles. The van der Waals surface area contributed by atoms with Gasteiger partial charge in [0, 0.05) is 47.9 Å². The summed E-state index contributed by atoms with van der Waals surface area (Å²) in [6, 6.07) is 10.7. The van der Waals surface area contributed by atoms with E-state index in [0.29, 0.717) is 54.3 Å². The molecule has 0 spiro atoms. The Labute approximate surface area is 186 Å². The summed E-state index contributed by atoms with van der Waals surface area (Å²) in [5, 5.41) is 9.40. The molecule has 2 aromatic heterocycles. The van der Waals surface area contributed by atoms with Crippen molar-refractivity contribution in [2.45, 2.75) is 13.3 Å². The number of nitriles is 1. The van der Waals surface area contributed by atoms with Crippen molar-refractivity contribution in [1.29, 1.82) is 5.26 Å². The van der Waals surface area contributed by atoms with E-state index in [0.717, 1.165) is 30.2 Å². The van der Waals surface area contributed by atoms with Crippen molar-refractivity contribution in [2.24, 2.45) is 5.73 Å². The lowest BCUT2D eigenvalue weighted by molar-refractivity contribution is 0.103. The number of nitrogens with two attached hydrogens (primary N) is 1. The van der Waals surface area contributed by atoms with Gasteiger partial charge in [-0.3, -0.25) is 4.79 Å². The van der Waals surface area contributed by atoms with Gasteiger partial charge in [0.2, 0.25) is 0 Å². The highest BCUT2D eigenvalue weighted by atomic mass is 16.5. The van der Waals surface area contributed by atoms with E-state index in [2.05, 4.69) is 25.9 Å². The Morgan fingerprint density at radius 1 is 1.19 bits per heavy atom. The number of ether oxygens (including phenoxy) is 1. The summed E-state index contributed by atoms with van der Waals surface area (Å²) in [5.74, 6) is 0.974. The Hall–Kier alpha value is -3.67. The van der Waals surface area contributed by atoms with Crippen LogP contribution >= 0.6 is 0 Å². The molecule has 1 fully saturated rings. The smallest absolute Gasteiger partial charge is 0.194 e. The zero-order chi connectivity index (χ0) is 22.5. The maximum Gasteiger partial charge on any atom is 0.194 e. The number of ketones is 1. The number of aryl methyl sites for hydroxylation is 1. The van der Waals surface area contributed by atoms with E-state index >= 15 is 0 Å². The minimum atomic E-state index is -0.202. The minimum Gasteiger partial charge on any atom is -0.378 e. The topological polar surface area (TPSA) is 118 Å². The lowest BCUT2D eigenvalue weighted by Crippen LogP contribution is -2.37. The van der Waals surface area contributed by atoms with Gasteiger partial charge < -0.3 is 15.4 Å². The second kappa shape index (κ2) is 9.64. The molecule has 0 unspecified atom stereocenters. The molecular formula is C24H24N6O2. The fraction of sp³-hybridized carbons (Fsp3) is 0.292. The number of benzene rings is 1. The number of nitrogens with zero attached hydrogens (tertiary/aromatic N) is 5. The van der Waals surface area contributed by atoms with Gasteiger partial charge >= 0.3 is 0 Å². The van der Waals surface area contributed by atoms with Crippen molar-refractivity contribution in [1.82, 2.24) is 15.0 Å². The van der Waals surface area contributed by atoms with E-state index in [9.17, 15) is 10.1 Å². The molecule has 2 N–H and O–H groups in total. The fourth-order valence-electron chi connectivity index (χ4n) is 3.68. The van der Waals surface area contributed by atoms with Gasteiger partial charge in [-0.15, -0.1) is 0 Å². The summed E-state index contributed by atoms with van der Waals surface area (Å²) in [6.07, 6.45) is 4.11. The zero-order valence-corrected chi connectivity index (χ0v) is 17.9. The Morgan fingerprint density at radius 3 is 2.62 bits per heavy atom. The number of carbonyl (C=O) groups excluding carboxylic acids is 1. The highest BCUT2D eigenvalue weighted by Gasteiger charge is 2.20. The molecule has 0 atom stereocenters. The van der Waals surface area contributed by atoms with Crippen molar-refractivity contribution in [2.75, 3.05) is 37.7 Å². The maximum atomic E-state index is 13.6. The van der Waals surface area contributed by atoms with Crippen LogP contribution in [-0.2, 0) is 11.2 Å². The molecule has 162 valence electrons. The van der Waals surface area contributed by atoms with Crippen molar-refractivity contribution < 1.29 is 9.53 Å². The molecule has 0 aliphatic carbocycles. The first kappa shape index (κ1) is 21.6. The number of hydrogen-bond acceptors (Lipinski definition) is 8. The third-order valence-corrected chi connectivity index (χ3v) is 5.31. The molecule has 1 aliphatic rings. The second-order valence-corrected chi connectivity index (χ2v) is 7.61. The average Bonchev–Trinajstić information content (AvgIpc) is 2.84. The second-order valence-electron chi connectivity index (χ2n) is 7.61. The van der Waals surface area contributed by atoms with E-state index in [1.807, 2.05) is 6.92 Å². The number of anilines is 1. The molecule has 8 nitrogen and oxygen atoms in total. The predicted molar refractivity (Wildman–Crippen MR) is 120 cm³/mol. The molecule has 3 aromatic rings. The fourth-order valence-corrected chi connectivity index (χ4v) is 3.68. The van der Waals surface area contributed by atoms with Crippen LogP contribution in [0.15, 0.2) is 42.7 Å². The first-order valence-corrected chi connectivity index (χ1v) is 10.5. The highest BCUT2D eigenvalue weighted by Crippen LogP contribution is 2.26. The van der Waals surface area contributed by atoms with Crippen LogP contribution in [-0.4, -0.2) is 53.6 Å². The molecule has 4 rings (SSSR count). The highest BCUT2D eigenvalue weighted by molar-refractivity contribution is 6.13. The van der Waals surface area contributed by atoms with Crippen LogP contribution in [0.2, 0.25) is 0 Å². The van der Waals surface area contributed by atoms with Crippen molar-refractivity contribution in [3.63, 3.8) is 0 Å². The molecule has 0 bridgehead atoms. The Bertz CT molecular complexity index is 1160. The summed E-state index contributed by atoms with van der Waals surface area (Å²) in [5.41, 5.74) is 9.15. The van der Waals surface area contributed by atoms with Gasteiger partial charge in [-0.2, -0.15) is 5.26 Å². The van der Waals surface area contributed by atoms with Crippen molar-refractivity contribution in [3.05, 3.63) is 70.7 Å². The van der Waals surface area contributed by atoms with Gasteiger partial charge in [-0.05, 0) is 55.8 Å². The molecule has 1 aliphatic heterocycles. The van der Waals surface area contributed by atoms with Crippen LogP contribution in [0.1, 0.15) is 32.7 Å². The molecular weight excluding hydrogens is 404 g/mol. The van der Waals surface area contributed by atoms with Gasteiger partial charge in [-0.1, -0.05) is 0 Å². The third kappa shape index (κ3) is 4.64. The number of rotatable bonds is 6. The number of hydrogen-bond donors (Lipinski definition) is 1. The molecule has 32 heavy (non-hydrogen) atoms. The van der Waals surface area contributed by atoms with Gasteiger partial charge in [-0.25, -0.2) is 15.0 Å². The predicted octanol–water partition coefficient (Wildman–Crippen LogP) is 2.29. The lowest BCUT2D eigenvalue weighted by Gasteiger charge is -2.28. The van der Waals surface area contributed by atoms with E-state index in [1.54, 1.807) is 42.7 Å².